The largest absolute Gasteiger partial charge is 0.379 e. The highest BCUT2D eigenvalue weighted by atomic mass is 32.2. The van der Waals surface area contributed by atoms with Crippen molar-refractivity contribution in [3.8, 4) is 0 Å². The molecule has 1 amide bonds. The number of para-hydroxylation sites is 1. The molecule has 4 heterocycles. The van der Waals surface area contributed by atoms with Gasteiger partial charge in [0, 0.05) is 32.7 Å². The molecule has 2 fully saturated rings. The molecule has 11 heteroatoms. The van der Waals surface area contributed by atoms with Crippen LogP contribution >= 0.6 is 22.7 Å². The molecule has 0 N–H and O–H groups in total. The number of rotatable bonds is 8. The van der Waals surface area contributed by atoms with Gasteiger partial charge in [0.05, 0.1) is 23.4 Å². The predicted molar refractivity (Wildman–Crippen MR) is 135 cm³/mol. The molecule has 2 aromatic heterocycles. The maximum atomic E-state index is 13.9. The molecule has 1 aromatic carbocycles. The fourth-order valence-corrected chi connectivity index (χ4v) is 8.30. The number of aromatic nitrogens is 1. The highest BCUT2D eigenvalue weighted by molar-refractivity contribution is 7.91. The van der Waals surface area contributed by atoms with Crippen LogP contribution in [0.3, 0.4) is 0 Å². The molecule has 0 aliphatic carbocycles. The second-order valence-electron chi connectivity index (χ2n) is 8.47. The van der Waals surface area contributed by atoms with Gasteiger partial charge in [-0.2, -0.15) is 4.31 Å². The number of sulfonamides is 1. The smallest absolute Gasteiger partial charge is 0.253 e. The van der Waals surface area contributed by atoms with Gasteiger partial charge in [-0.05, 0) is 42.8 Å². The van der Waals surface area contributed by atoms with Crippen molar-refractivity contribution in [1.82, 2.24) is 14.2 Å². The lowest BCUT2D eigenvalue weighted by Crippen LogP contribution is -2.48. The molecule has 0 spiro atoms. The molecular formula is C23H28N4O4S3. The van der Waals surface area contributed by atoms with Crippen LogP contribution < -0.4 is 4.90 Å². The van der Waals surface area contributed by atoms with Crippen molar-refractivity contribution in [3.05, 3.63) is 41.8 Å². The summed E-state index contributed by atoms with van der Waals surface area (Å²) >= 11 is 2.67. The van der Waals surface area contributed by atoms with Crippen molar-refractivity contribution in [2.24, 2.45) is 0 Å². The number of amides is 1. The second kappa shape index (κ2) is 10.4. The lowest BCUT2D eigenvalue weighted by atomic mass is 10.2. The average Bonchev–Trinajstić information content (AvgIpc) is 3.62. The Kier molecular flexibility index (Phi) is 7.28. The maximum absolute atomic E-state index is 13.9. The van der Waals surface area contributed by atoms with Crippen molar-refractivity contribution in [2.45, 2.75) is 29.5 Å². The Balaban J connectivity index is 1.39. The monoisotopic (exact) mass is 520 g/mol. The number of anilines is 1. The van der Waals surface area contributed by atoms with Gasteiger partial charge in [0.1, 0.15) is 10.3 Å². The molecule has 3 aromatic rings. The first-order chi connectivity index (χ1) is 16.5. The summed E-state index contributed by atoms with van der Waals surface area (Å²) < 4.78 is 34.7. The quantitative estimate of drug-likeness (QED) is 0.453. The van der Waals surface area contributed by atoms with E-state index in [1.807, 2.05) is 24.3 Å². The summed E-state index contributed by atoms with van der Waals surface area (Å²) in [6.07, 6.45) is 1.98. The van der Waals surface area contributed by atoms with E-state index in [2.05, 4.69) is 4.90 Å². The van der Waals surface area contributed by atoms with Crippen LogP contribution in [0, 0.1) is 0 Å². The lowest BCUT2D eigenvalue weighted by Gasteiger charge is -2.30. The van der Waals surface area contributed by atoms with E-state index in [0.717, 1.165) is 49.5 Å². The number of thiazole rings is 1. The molecule has 34 heavy (non-hydrogen) atoms. The van der Waals surface area contributed by atoms with Crippen LogP contribution in [0.5, 0.6) is 0 Å². The first-order valence-electron chi connectivity index (χ1n) is 11.6. The zero-order valence-corrected chi connectivity index (χ0v) is 21.3. The van der Waals surface area contributed by atoms with Crippen molar-refractivity contribution >= 4 is 54.0 Å². The van der Waals surface area contributed by atoms with E-state index in [1.54, 1.807) is 22.4 Å². The van der Waals surface area contributed by atoms with Crippen LogP contribution in [0.15, 0.2) is 46.0 Å². The SMILES string of the molecule is O=C([C@@H]1CCCN1S(=O)(=O)c1cccs1)N(CCCN1CCOCC1)c1nc2ccccc2s1. The molecule has 8 nitrogen and oxygen atoms in total. The molecule has 5 rings (SSSR count). The van der Waals surface area contributed by atoms with Crippen LogP contribution in [0.4, 0.5) is 5.13 Å². The van der Waals surface area contributed by atoms with Gasteiger partial charge in [-0.3, -0.25) is 14.6 Å². The molecule has 182 valence electrons. The number of fused-ring (bicyclic) bond motifs is 1. The standard InChI is InChI=1S/C23H28N4O4S3/c28-22(19-7-3-12-27(19)34(29,30)21-9-4-17-32-21)26(11-5-10-25-13-15-31-16-14-25)23-24-18-6-1-2-8-20(18)33-23/h1-2,4,6,8-9,17,19H,3,5,7,10-16H2/t19-/m0/s1. The van der Waals surface area contributed by atoms with Gasteiger partial charge in [-0.15, -0.1) is 11.3 Å². The summed E-state index contributed by atoms with van der Waals surface area (Å²) in [4.78, 5) is 22.7. The summed E-state index contributed by atoms with van der Waals surface area (Å²) in [5.41, 5.74) is 0.850. The van der Waals surface area contributed by atoms with Crippen molar-refractivity contribution < 1.29 is 17.9 Å². The number of thiophene rings is 1. The Morgan fingerprint density at radius 3 is 2.74 bits per heavy atom. The summed E-state index contributed by atoms with van der Waals surface area (Å²) in [7, 11) is -3.70. The van der Waals surface area contributed by atoms with Crippen molar-refractivity contribution in [3.63, 3.8) is 0 Å². The highest BCUT2D eigenvalue weighted by Gasteiger charge is 2.42. The minimum Gasteiger partial charge on any atom is -0.379 e. The van der Waals surface area contributed by atoms with E-state index in [0.29, 0.717) is 31.1 Å². The fourth-order valence-electron chi connectivity index (χ4n) is 4.53. The molecule has 2 aliphatic rings. The molecule has 1 atom stereocenters. The first-order valence-corrected chi connectivity index (χ1v) is 14.7. The zero-order chi connectivity index (χ0) is 23.5. The summed E-state index contributed by atoms with van der Waals surface area (Å²) in [5, 5.41) is 2.38. The predicted octanol–water partition coefficient (Wildman–Crippen LogP) is 3.27. The van der Waals surface area contributed by atoms with E-state index >= 15 is 0 Å². The third kappa shape index (κ3) is 4.91. The van der Waals surface area contributed by atoms with Crippen LogP contribution in [0.1, 0.15) is 19.3 Å². The molecule has 2 saturated heterocycles. The minimum atomic E-state index is -3.70. The van der Waals surface area contributed by atoms with E-state index < -0.39 is 16.1 Å². The summed E-state index contributed by atoms with van der Waals surface area (Å²) in [6.45, 7) is 4.97. The Morgan fingerprint density at radius 2 is 1.97 bits per heavy atom. The number of carbonyl (C=O) groups is 1. The van der Waals surface area contributed by atoms with Crippen LogP contribution in [-0.4, -0.2) is 80.5 Å². The summed E-state index contributed by atoms with van der Waals surface area (Å²) in [5.74, 6) is -0.182. The van der Waals surface area contributed by atoms with Gasteiger partial charge in [0.2, 0.25) is 5.91 Å². The number of ether oxygens (including phenoxy) is 1. The number of morpholine rings is 1. The zero-order valence-electron chi connectivity index (χ0n) is 18.8. The van der Waals surface area contributed by atoms with E-state index in [9.17, 15) is 13.2 Å². The van der Waals surface area contributed by atoms with Crippen molar-refractivity contribution in [1.29, 1.82) is 0 Å². The Hall–Kier alpha value is -1.89. The van der Waals surface area contributed by atoms with Gasteiger partial charge in [-0.25, -0.2) is 13.4 Å². The second-order valence-corrected chi connectivity index (χ2v) is 12.5. The van der Waals surface area contributed by atoms with Gasteiger partial charge in [-0.1, -0.05) is 29.5 Å². The van der Waals surface area contributed by atoms with E-state index in [1.165, 1.54) is 27.0 Å². The maximum Gasteiger partial charge on any atom is 0.253 e. The van der Waals surface area contributed by atoms with Gasteiger partial charge < -0.3 is 4.74 Å². The van der Waals surface area contributed by atoms with Gasteiger partial charge >= 0.3 is 0 Å². The number of hydrogen-bond donors (Lipinski definition) is 0. The van der Waals surface area contributed by atoms with Crippen LogP contribution in [0.2, 0.25) is 0 Å². The molecule has 0 saturated carbocycles. The normalized spacial score (nSPS) is 20.2. The van der Waals surface area contributed by atoms with Crippen molar-refractivity contribution in [2.75, 3.05) is 50.8 Å². The van der Waals surface area contributed by atoms with E-state index in [4.69, 9.17) is 9.72 Å². The first kappa shape index (κ1) is 23.8. The van der Waals surface area contributed by atoms with Gasteiger partial charge in [0.25, 0.3) is 10.0 Å². The number of carbonyl (C=O) groups excluding carboxylic acids is 1. The Morgan fingerprint density at radius 1 is 1.15 bits per heavy atom. The summed E-state index contributed by atoms with van der Waals surface area (Å²) in [6, 6.07) is 10.5. The molecule has 2 aliphatic heterocycles. The molecule has 0 radical (unpaired) electrons. The van der Waals surface area contributed by atoms with E-state index in [-0.39, 0.29) is 10.1 Å². The average molecular weight is 521 g/mol. The third-order valence-electron chi connectivity index (χ3n) is 6.29. The van der Waals surface area contributed by atoms with Crippen LogP contribution in [0.25, 0.3) is 10.2 Å². The number of benzene rings is 1. The molecular weight excluding hydrogens is 492 g/mol. The number of nitrogens with zero attached hydrogens (tertiary/aromatic N) is 4. The third-order valence-corrected chi connectivity index (χ3v) is 10.6. The molecule has 0 bridgehead atoms. The Labute approximate surface area is 207 Å². The topological polar surface area (TPSA) is 83.1 Å². The lowest BCUT2D eigenvalue weighted by molar-refractivity contribution is -0.121. The molecule has 0 unspecified atom stereocenters. The fraction of sp³-hybridized carbons (Fsp3) is 0.478. The van der Waals surface area contributed by atoms with Gasteiger partial charge in [0.15, 0.2) is 5.13 Å². The Bertz CT molecular complexity index is 1190. The number of hydrogen-bond acceptors (Lipinski definition) is 8. The van der Waals surface area contributed by atoms with Crippen LogP contribution in [-0.2, 0) is 19.6 Å². The minimum absolute atomic E-state index is 0.182. The highest BCUT2D eigenvalue weighted by Crippen LogP contribution is 2.33.